The Morgan fingerprint density at radius 2 is 1.87 bits per heavy atom. The minimum absolute atomic E-state index is 0.0746. The van der Waals surface area contributed by atoms with Gasteiger partial charge in [0.2, 0.25) is 11.8 Å². The molecule has 11 heteroatoms. The van der Waals surface area contributed by atoms with Crippen LogP contribution in [0.25, 0.3) is 0 Å². The predicted octanol–water partition coefficient (Wildman–Crippen LogP) is 4.17. The van der Waals surface area contributed by atoms with E-state index in [1.165, 1.54) is 6.07 Å². The van der Waals surface area contributed by atoms with Gasteiger partial charge in [-0.25, -0.2) is 9.18 Å². The van der Waals surface area contributed by atoms with Crippen LogP contribution in [0.15, 0.2) is 28.8 Å². The fraction of sp³-hybridized carbons (Fsp3) is 0.400. The zero-order valence-corrected chi connectivity index (χ0v) is 18.7. The van der Waals surface area contributed by atoms with Gasteiger partial charge in [0, 0.05) is 6.07 Å². The summed E-state index contributed by atoms with van der Waals surface area (Å²) in [5.74, 6) is -0.635. The first-order valence-electron chi connectivity index (χ1n) is 9.38. The number of rotatable bonds is 7. The van der Waals surface area contributed by atoms with Gasteiger partial charge < -0.3 is 19.9 Å². The first kappa shape index (κ1) is 24.2. The second-order valence-corrected chi connectivity index (χ2v) is 8.96. The van der Waals surface area contributed by atoms with E-state index >= 15 is 0 Å². The van der Waals surface area contributed by atoms with Crippen LogP contribution < -0.4 is 16.0 Å². The molecule has 1 atom stereocenters. The Hall–Kier alpha value is -3.08. The molecule has 0 aliphatic rings. The van der Waals surface area contributed by atoms with Gasteiger partial charge in [-0.05, 0) is 52.8 Å². The highest BCUT2D eigenvalue weighted by atomic mass is 32.2. The summed E-state index contributed by atoms with van der Waals surface area (Å²) < 4.78 is 23.7. The van der Waals surface area contributed by atoms with Gasteiger partial charge in [-0.15, -0.1) is 11.8 Å². The van der Waals surface area contributed by atoms with Crippen LogP contribution in [-0.4, -0.2) is 39.7 Å². The smallest absolute Gasteiger partial charge is 0.412 e. The Bertz CT molecular complexity index is 957. The quantitative estimate of drug-likeness (QED) is 0.576. The topological polar surface area (TPSA) is 123 Å². The number of nitrogens with zero attached hydrogens (tertiary/aromatic N) is 1. The van der Waals surface area contributed by atoms with E-state index in [-0.39, 0.29) is 28.9 Å². The van der Waals surface area contributed by atoms with E-state index < -0.39 is 28.7 Å². The molecule has 0 spiro atoms. The summed E-state index contributed by atoms with van der Waals surface area (Å²) in [5, 5.41) is 10.7. The molecular formula is C20H25FN4O5S. The average molecular weight is 453 g/mol. The number of thioether (sulfide) groups is 1. The number of carbonyl (C=O) groups is 3. The van der Waals surface area contributed by atoms with Crippen molar-refractivity contribution in [3.63, 3.8) is 0 Å². The van der Waals surface area contributed by atoms with Crippen molar-refractivity contribution >= 4 is 46.9 Å². The van der Waals surface area contributed by atoms with Gasteiger partial charge in [-0.1, -0.05) is 5.16 Å². The van der Waals surface area contributed by atoms with Crippen molar-refractivity contribution in [3.05, 3.63) is 35.8 Å². The third-order valence-electron chi connectivity index (χ3n) is 3.60. The molecule has 31 heavy (non-hydrogen) atoms. The van der Waals surface area contributed by atoms with Gasteiger partial charge in [-0.3, -0.25) is 14.9 Å². The van der Waals surface area contributed by atoms with E-state index in [0.29, 0.717) is 5.76 Å². The molecule has 0 aliphatic heterocycles. The van der Waals surface area contributed by atoms with Gasteiger partial charge in [0.1, 0.15) is 17.2 Å². The van der Waals surface area contributed by atoms with E-state index in [2.05, 4.69) is 21.1 Å². The molecule has 0 aliphatic carbocycles. The number of aromatic nitrogens is 1. The second-order valence-electron chi connectivity index (χ2n) is 7.63. The van der Waals surface area contributed by atoms with Gasteiger partial charge in [0.15, 0.2) is 5.82 Å². The molecule has 0 saturated carbocycles. The van der Waals surface area contributed by atoms with Gasteiger partial charge >= 0.3 is 6.09 Å². The molecular weight excluding hydrogens is 427 g/mol. The van der Waals surface area contributed by atoms with Crippen LogP contribution in [0.5, 0.6) is 0 Å². The minimum atomic E-state index is -0.739. The molecule has 0 radical (unpaired) electrons. The van der Waals surface area contributed by atoms with E-state index in [0.717, 1.165) is 23.9 Å². The van der Waals surface area contributed by atoms with Gasteiger partial charge in [0.05, 0.1) is 22.4 Å². The number of amides is 3. The van der Waals surface area contributed by atoms with Crippen molar-refractivity contribution in [3.8, 4) is 0 Å². The highest BCUT2D eigenvalue weighted by Crippen LogP contribution is 2.24. The molecule has 168 valence electrons. The molecule has 9 nitrogen and oxygen atoms in total. The molecule has 1 unspecified atom stereocenters. The number of benzene rings is 1. The molecule has 3 amide bonds. The molecule has 1 aromatic heterocycles. The van der Waals surface area contributed by atoms with Crippen LogP contribution >= 0.6 is 11.8 Å². The van der Waals surface area contributed by atoms with Crippen LogP contribution in [0, 0.1) is 12.7 Å². The van der Waals surface area contributed by atoms with Crippen molar-refractivity contribution in [2.24, 2.45) is 0 Å². The van der Waals surface area contributed by atoms with Gasteiger partial charge in [0.25, 0.3) is 0 Å². The molecule has 2 aromatic rings. The summed E-state index contributed by atoms with van der Waals surface area (Å²) in [6.45, 7) is 8.45. The van der Waals surface area contributed by atoms with Crippen LogP contribution in [-0.2, 0) is 14.3 Å². The predicted molar refractivity (Wildman–Crippen MR) is 117 cm³/mol. The molecule has 3 N–H and O–H groups in total. The lowest BCUT2D eigenvalue weighted by Gasteiger charge is -2.20. The third-order valence-corrected chi connectivity index (χ3v) is 4.75. The maximum atomic E-state index is 13.7. The first-order chi connectivity index (χ1) is 14.4. The number of hydrogen-bond donors (Lipinski definition) is 3. The van der Waals surface area contributed by atoms with Crippen LogP contribution in [0.1, 0.15) is 33.5 Å². The Morgan fingerprint density at radius 1 is 1.16 bits per heavy atom. The molecule has 0 bridgehead atoms. The standard InChI is InChI=1S/C20H25FN4O5S/c1-11-8-16(25-30-11)24-18(27)12(2)31-10-17(26)22-15-9-13(21)6-7-14(15)23-19(28)29-20(3,4)5/h6-9,12H,10H2,1-5H3,(H,22,26)(H,23,28)(H,24,25,27). The Kier molecular flexibility index (Phi) is 8.03. The number of nitrogens with one attached hydrogen (secondary N) is 3. The number of ether oxygens (including phenoxy) is 1. The minimum Gasteiger partial charge on any atom is -0.444 e. The lowest BCUT2D eigenvalue weighted by atomic mass is 10.2. The van der Waals surface area contributed by atoms with Crippen molar-refractivity contribution in [1.29, 1.82) is 0 Å². The largest absolute Gasteiger partial charge is 0.444 e. The number of anilines is 3. The van der Waals surface area contributed by atoms with Crippen molar-refractivity contribution in [1.82, 2.24) is 5.16 Å². The molecule has 0 fully saturated rings. The maximum absolute atomic E-state index is 13.7. The first-order valence-corrected chi connectivity index (χ1v) is 10.4. The van der Waals surface area contributed by atoms with Crippen LogP contribution in [0.3, 0.4) is 0 Å². The summed E-state index contributed by atoms with van der Waals surface area (Å²) in [6.07, 6.45) is -0.739. The van der Waals surface area contributed by atoms with Crippen LogP contribution in [0.2, 0.25) is 0 Å². The van der Waals surface area contributed by atoms with Crippen molar-refractivity contribution < 1.29 is 28.0 Å². The highest BCUT2D eigenvalue weighted by Gasteiger charge is 2.20. The molecule has 2 rings (SSSR count). The summed E-state index contributed by atoms with van der Waals surface area (Å²) in [6, 6.07) is 5.12. The molecule has 1 aromatic carbocycles. The average Bonchev–Trinajstić information content (AvgIpc) is 3.05. The van der Waals surface area contributed by atoms with E-state index in [9.17, 15) is 18.8 Å². The SMILES string of the molecule is Cc1cc(NC(=O)C(C)SCC(=O)Nc2cc(F)ccc2NC(=O)OC(C)(C)C)no1. The Morgan fingerprint density at radius 3 is 2.48 bits per heavy atom. The molecule has 1 heterocycles. The second kappa shape index (κ2) is 10.3. The summed E-state index contributed by atoms with van der Waals surface area (Å²) in [5.41, 5.74) is -0.459. The zero-order chi connectivity index (χ0) is 23.2. The molecule has 0 saturated heterocycles. The highest BCUT2D eigenvalue weighted by molar-refractivity contribution is 8.01. The maximum Gasteiger partial charge on any atom is 0.412 e. The fourth-order valence-electron chi connectivity index (χ4n) is 2.26. The fourth-order valence-corrected chi connectivity index (χ4v) is 2.94. The summed E-state index contributed by atoms with van der Waals surface area (Å²) in [7, 11) is 0. The number of carbonyl (C=O) groups excluding carboxylic acids is 3. The van der Waals surface area contributed by atoms with E-state index in [1.807, 2.05) is 0 Å². The number of aryl methyl sites for hydroxylation is 1. The number of hydrogen-bond acceptors (Lipinski definition) is 7. The Balaban J connectivity index is 1.92. The number of halogens is 1. The lowest BCUT2D eigenvalue weighted by molar-refractivity contribution is -0.115. The van der Waals surface area contributed by atoms with Crippen LogP contribution in [0.4, 0.5) is 26.4 Å². The van der Waals surface area contributed by atoms with E-state index in [1.54, 1.807) is 40.7 Å². The summed E-state index contributed by atoms with van der Waals surface area (Å²) >= 11 is 1.08. The zero-order valence-electron chi connectivity index (χ0n) is 17.9. The Labute approximate surface area is 183 Å². The van der Waals surface area contributed by atoms with Crippen molar-refractivity contribution in [2.75, 3.05) is 21.7 Å². The lowest BCUT2D eigenvalue weighted by Crippen LogP contribution is -2.28. The normalized spacial score (nSPS) is 12.1. The van der Waals surface area contributed by atoms with Crippen molar-refractivity contribution in [2.45, 2.75) is 45.5 Å². The summed E-state index contributed by atoms with van der Waals surface area (Å²) in [4.78, 5) is 36.5. The van der Waals surface area contributed by atoms with E-state index in [4.69, 9.17) is 9.26 Å². The monoisotopic (exact) mass is 452 g/mol. The third kappa shape index (κ3) is 8.28. The van der Waals surface area contributed by atoms with Gasteiger partial charge in [-0.2, -0.15) is 0 Å².